The second kappa shape index (κ2) is 8.11. The predicted molar refractivity (Wildman–Crippen MR) is 89.9 cm³/mol. The lowest BCUT2D eigenvalue weighted by Crippen LogP contribution is -2.32. The largest absolute Gasteiger partial charge is 0.495 e. The second-order valence-corrected chi connectivity index (χ2v) is 5.19. The number of aliphatic hydroxyl groups excluding tert-OH is 1. The molecule has 2 aromatic rings. The van der Waals surface area contributed by atoms with E-state index in [0.717, 1.165) is 0 Å². The number of primary amides is 1. The fraction of sp³-hybridized carbons (Fsp3) is 0.176. The van der Waals surface area contributed by atoms with Gasteiger partial charge in [-0.3, -0.25) is 4.79 Å². The van der Waals surface area contributed by atoms with E-state index in [1.807, 2.05) is 0 Å². The Morgan fingerprint density at radius 1 is 1.28 bits per heavy atom. The summed E-state index contributed by atoms with van der Waals surface area (Å²) in [6.07, 6.45) is -1.07. The first kappa shape index (κ1) is 18.2. The zero-order chi connectivity index (χ0) is 18.4. The van der Waals surface area contributed by atoms with Gasteiger partial charge in [-0.15, -0.1) is 0 Å². The molecular weight excluding hydrogens is 329 g/mol. The SMILES string of the molecule is COc1ccc(C(N)=O)cc1NC(=O)NCC(O)c1cccc(F)c1. The van der Waals surface area contributed by atoms with E-state index in [-0.39, 0.29) is 17.8 Å². The van der Waals surface area contributed by atoms with Crippen LogP contribution in [-0.2, 0) is 0 Å². The van der Waals surface area contributed by atoms with Crippen LogP contribution in [0.1, 0.15) is 22.0 Å². The van der Waals surface area contributed by atoms with Crippen LogP contribution in [0.4, 0.5) is 14.9 Å². The van der Waals surface area contributed by atoms with E-state index in [0.29, 0.717) is 11.3 Å². The minimum atomic E-state index is -1.07. The highest BCUT2D eigenvalue weighted by atomic mass is 19.1. The highest BCUT2D eigenvalue weighted by molar-refractivity contribution is 5.97. The van der Waals surface area contributed by atoms with E-state index >= 15 is 0 Å². The number of rotatable bonds is 6. The summed E-state index contributed by atoms with van der Waals surface area (Å²) in [5.41, 5.74) is 6.00. The van der Waals surface area contributed by atoms with Crippen LogP contribution >= 0.6 is 0 Å². The normalized spacial score (nSPS) is 11.5. The number of amides is 3. The third-order valence-electron chi connectivity index (χ3n) is 3.42. The van der Waals surface area contributed by atoms with Crippen molar-refractivity contribution in [2.75, 3.05) is 19.0 Å². The Bertz CT molecular complexity index is 782. The lowest BCUT2D eigenvalue weighted by atomic mass is 10.1. The molecule has 0 aliphatic rings. The summed E-state index contributed by atoms with van der Waals surface area (Å²) >= 11 is 0. The van der Waals surface area contributed by atoms with Crippen molar-refractivity contribution in [1.82, 2.24) is 5.32 Å². The van der Waals surface area contributed by atoms with Gasteiger partial charge in [0.1, 0.15) is 11.6 Å². The van der Waals surface area contributed by atoms with Gasteiger partial charge in [0.25, 0.3) is 0 Å². The Labute approximate surface area is 143 Å². The summed E-state index contributed by atoms with van der Waals surface area (Å²) in [4.78, 5) is 23.2. The van der Waals surface area contributed by atoms with Crippen LogP contribution in [0.25, 0.3) is 0 Å². The predicted octanol–water partition coefficient (Wildman–Crippen LogP) is 1.79. The number of methoxy groups -OCH3 is 1. The van der Waals surface area contributed by atoms with E-state index in [1.54, 1.807) is 6.07 Å². The summed E-state index contributed by atoms with van der Waals surface area (Å²) in [6.45, 7) is -0.132. The molecule has 0 saturated heterocycles. The average molecular weight is 347 g/mol. The molecule has 7 nitrogen and oxygen atoms in total. The summed E-state index contributed by atoms with van der Waals surface area (Å²) in [5, 5.41) is 14.9. The van der Waals surface area contributed by atoms with Crippen molar-refractivity contribution in [2.24, 2.45) is 5.73 Å². The molecule has 25 heavy (non-hydrogen) atoms. The number of urea groups is 1. The summed E-state index contributed by atoms with van der Waals surface area (Å²) in [6, 6.07) is 9.17. The summed E-state index contributed by atoms with van der Waals surface area (Å²) in [7, 11) is 1.41. The van der Waals surface area contributed by atoms with E-state index in [2.05, 4.69) is 10.6 Å². The number of carbonyl (C=O) groups excluding carboxylic acids is 2. The molecule has 0 radical (unpaired) electrons. The monoisotopic (exact) mass is 347 g/mol. The number of hydrogen-bond donors (Lipinski definition) is 4. The van der Waals surface area contributed by atoms with Crippen molar-refractivity contribution in [3.63, 3.8) is 0 Å². The molecular formula is C17H18FN3O4. The number of anilines is 1. The van der Waals surface area contributed by atoms with Crippen molar-refractivity contribution >= 4 is 17.6 Å². The quantitative estimate of drug-likeness (QED) is 0.638. The van der Waals surface area contributed by atoms with E-state index in [1.165, 1.54) is 43.5 Å². The molecule has 2 aromatic carbocycles. The number of ether oxygens (including phenoxy) is 1. The third kappa shape index (κ3) is 4.92. The van der Waals surface area contributed by atoms with Crippen LogP contribution < -0.4 is 21.1 Å². The zero-order valence-electron chi connectivity index (χ0n) is 13.5. The molecule has 0 saturated carbocycles. The molecule has 0 spiro atoms. The van der Waals surface area contributed by atoms with Crippen LogP contribution in [0.3, 0.4) is 0 Å². The number of nitrogens with two attached hydrogens (primary N) is 1. The molecule has 0 aliphatic heterocycles. The fourth-order valence-corrected chi connectivity index (χ4v) is 2.15. The van der Waals surface area contributed by atoms with Crippen LogP contribution in [0.2, 0.25) is 0 Å². The average Bonchev–Trinajstić information content (AvgIpc) is 2.59. The Morgan fingerprint density at radius 2 is 2.04 bits per heavy atom. The molecule has 0 aromatic heterocycles. The third-order valence-corrected chi connectivity index (χ3v) is 3.42. The molecule has 1 unspecified atom stereocenters. The van der Waals surface area contributed by atoms with Gasteiger partial charge in [0, 0.05) is 12.1 Å². The van der Waals surface area contributed by atoms with Gasteiger partial charge in [-0.2, -0.15) is 0 Å². The first-order valence-electron chi connectivity index (χ1n) is 7.37. The van der Waals surface area contributed by atoms with Crippen molar-refractivity contribution < 1.29 is 23.8 Å². The second-order valence-electron chi connectivity index (χ2n) is 5.19. The van der Waals surface area contributed by atoms with Crippen LogP contribution in [0, 0.1) is 5.82 Å². The van der Waals surface area contributed by atoms with Crippen molar-refractivity contribution in [1.29, 1.82) is 0 Å². The number of carbonyl (C=O) groups is 2. The van der Waals surface area contributed by atoms with Gasteiger partial charge in [0.05, 0.1) is 18.9 Å². The number of hydrogen-bond acceptors (Lipinski definition) is 4. The van der Waals surface area contributed by atoms with E-state index < -0.39 is 23.9 Å². The molecule has 1 atom stereocenters. The van der Waals surface area contributed by atoms with Gasteiger partial charge < -0.3 is 26.2 Å². The topological polar surface area (TPSA) is 114 Å². The Kier molecular flexibility index (Phi) is 5.91. The maximum absolute atomic E-state index is 13.1. The van der Waals surface area contributed by atoms with Crippen LogP contribution in [0.5, 0.6) is 5.75 Å². The van der Waals surface area contributed by atoms with Crippen molar-refractivity contribution in [2.45, 2.75) is 6.10 Å². The van der Waals surface area contributed by atoms with E-state index in [9.17, 15) is 19.1 Å². The van der Waals surface area contributed by atoms with Crippen LogP contribution in [0.15, 0.2) is 42.5 Å². The van der Waals surface area contributed by atoms with Gasteiger partial charge in [0.15, 0.2) is 0 Å². The maximum atomic E-state index is 13.1. The summed E-state index contributed by atoms with van der Waals surface area (Å²) in [5.74, 6) is -0.785. The molecule has 0 fully saturated rings. The molecule has 2 rings (SSSR count). The maximum Gasteiger partial charge on any atom is 0.319 e. The number of benzene rings is 2. The van der Waals surface area contributed by atoms with Crippen molar-refractivity contribution in [3.8, 4) is 5.75 Å². The standard InChI is InChI=1S/C17H18FN3O4/c1-25-15-6-5-11(16(19)23)8-13(15)21-17(24)20-9-14(22)10-3-2-4-12(18)7-10/h2-8,14,22H,9H2,1H3,(H2,19,23)(H2,20,21,24). The lowest BCUT2D eigenvalue weighted by Gasteiger charge is -2.15. The summed E-state index contributed by atoms with van der Waals surface area (Å²) < 4.78 is 18.2. The van der Waals surface area contributed by atoms with Gasteiger partial charge in [-0.25, -0.2) is 9.18 Å². The Balaban J connectivity index is 2.00. The zero-order valence-corrected chi connectivity index (χ0v) is 13.5. The number of aliphatic hydroxyl groups is 1. The first-order valence-corrected chi connectivity index (χ1v) is 7.37. The van der Waals surface area contributed by atoms with Crippen molar-refractivity contribution in [3.05, 3.63) is 59.4 Å². The number of nitrogens with one attached hydrogen (secondary N) is 2. The smallest absolute Gasteiger partial charge is 0.319 e. The Morgan fingerprint density at radius 3 is 2.68 bits per heavy atom. The molecule has 0 aliphatic carbocycles. The van der Waals surface area contributed by atoms with Crippen LogP contribution in [-0.4, -0.2) is 30.7 Å². The molecule has 0 bridgehead atoms. The fourth-order valence-electron chi connectivity index (χ4n) is 2.15. The van der Waals surface area contributed by atoms with Gasteiger partial charge in [-0.05, 0) is 35.9 Å². The van der Waals surface area contributed by atoms with Gasteiger partial charge in [0.2, 0.25) is 5.91 Å². The minimum Gasteiger partial charge on any atom is -0.495 e. The minimum absolute atomic E-state index is 0.132. The Hall–Kier alpha value is -3.13. The molecule has 132 valence electrons. The van der Waals surface area contributed by atoms with Gasteiger partial charge in [-0.1, -0.05) is 12.1 Å². The van der Waals surface area contributed by atoms with E-state index in [4.69, 9.17) is 10.5 Å². The molecule has 8 heteroatoms. The first-order chi connectivity index (χ1) is 11.9. The molecule has 5 N–H and O–H groups in total. The van der Waals surface area contributed by atoms with Gasteiger partial charge >= 0.3 is 6.03 Å². The number of halogens is 1. The highest BCUT2D eigenvalue weighted by Crippen LogP contribution is 2.25. The molecule has 3 amide bonds. The molecule has 0 heterocycles. The lowest BCUT2D eigenvalue weighted by molar-refractivity contribution is 0.1000. The highest BCUT2D eigenvalue weighted by Gasteiger charge is 2.13.